The Bertz CT molecular complexity index is 900. The van der Waals surface area contributed by atoms with Crippen molar-refractivity contribution in [3.63, 3.8) is 0 Å². The van der Waals surface area contributed by atoms with Crippen molar-refractivity contribution >= 4 is 11.7 Å². The van der Waals surface area contributed by atoms with E-state index in [9.17, 15) is 4.79 Å². The summed E-state index contributed by atoms with van der Waals surface area (Å²) in [6.07, 6.45) is 2.60. The van der Waals surface area contributed by atoms with E-state index in [4.69, 9.17) is 14.6 Å². The van der Waals surface area contributed by atoms with Crippen LogP contribution in [0.2, 0.25) is 0 Å². The van der Waals surface area contributed by atoms with E-state index in [-0.39, 0.29) is 5.91 Å². The highest BCUT2D eigenvalue weighted by molar-refractivity contribution is 5.99. The molecule has 4 rings (SSSR count). The summed E-state index contributed by atoms with van der Waals surface area (Å²) in [5, 5.41) is 0. The second-order valence-electron chi connectivity index (χ2n) is 7.71. The number of hydroxylamine groups is 1. The Hall–Kier alpha value is -2.86. The van der Waals surface area contributed by atoms with Crippen molar-refractivity contribution in [1.29, 1.82) is 0 Å². The van der Waals surface area contributed by atoms with Gasteiger partial charge in [-0.25, -0.2) is 15.3 Å². The predicted molar refractivity (Wildman–Crippen MR) is 112 cm³/mol. The highest BCUT2D eigenvalue weighted by Crippen LogP contribution is 2.31. The maximum absolute atomic E-state index is 12.6. The molecule has 2 aromatic carbocycles. The standard InChI is InChI=1S/C23H27N3O3/c1-17-6-9-19(10-7-17)22-24-23(29-25-22)12-14-26(15-13-23)21(27)11-8-18-4-3-5-20(16-18)28-2/h3-7,9-10,16H,8,11-15H2,1-2H3,(H,24,25). The minimum atomic E-state index is -0.566. The molecule has 1 N–H and O–H groups in total. The van der Waals surface area contributed by atoms with Gasteiger partial charge in [0, 0.05) is 37.9 Å². The zero-order chi connectivity index (χ0) is 20.3. The van der Waals surface area contributed by atoms with Gasteiger partial charge in [0.1, 0.15) is 5.75 Å². The third-order valence-corrected chi connectivity index (χ3v) is 5.64. The number of benzene rings is 2. The van der Waals surface area contributed by atoms with E-state index in [0.717, 1.165) is 22.7 Å². The van der Waals surface area contributed by atoms with Gasteiger partial charge in [-0.15, -0.1) is 0 Å². The molecule has 0 aromatic heterocycles. The van der Waals surface area contributed by atoms with Crippen molar-refractivity contribution in [2.45, 2.75) is 38.3 Å². The number of nitrogens with zero attached hydrogens (tertiary/aromatic N) is 2. The summed E-state index contributed by atoms with van der Waals surface area (Å²) < 4.78 is 5.25. The number of aliphatic imine (C=N–C) groups is 1. The van der Waals surface area contributed by atoms with E-state index in [1.807, 2.05) is 41.3 Å². The zero-order valence-corrected chi connectivity index (χ0v) is 17.0. The Balaban J connectivity index is 1.32. The molecule has 1 fully saturated rings. The second kappa shape index (κ2) is 8.25. The van der Waals surface area contributed by atoms with Crippen molar-refractivity contribution in [2.75, 3.05) is 20.2 Å². The largest absolute Gasteiger partial charge is 0.497 e. The first kappa shape index (κ1) is 19.5. The topological polar surface area (TPSA) is 63.2 Å². The van der Waals surface area contributed by atoms with Crippen LogP contribution in [-0.2, 0) is 16.1 Å². The molecule has 0 radical (unpaired) electrons. The fourth-order valence-corrected chi connectivity index (χ4v) is 3.78. The Kier molecular flexibility index (Phi) is 5.53. The molecule has 1 saturated heterocycles. The molecule has 0 bridgehead atoms. The number of methoxy groups -OCH3 is 1. The predicted octanol–water partition coefficient (Wildman–Crippen LogP) is 3.24. The van der Waals surface area contributed by atoms with Crippen LogP contribution in [0.15, 0.2) is 53.5 Å². The van der Waals surface area contributed by atoms with Crippen molar-refractivity contribution in [3.05, 3.63) is 65.2 Å². The van der Waals surface area contributed by atoms with Gasteiger partial charge in [-0.05, 0) is 31.0 Å². The molecule has 2 aromatic rings. The Morgan fingerprint density at radius 1 is 1.21 bits per heavy atom. The van der Waals surface area contributed by atoms with Gasteiger partial charge in [0.05, 0.1) is 7.11 Å². The summed E-state index contributed by atoms with van der Waals surface area (Å²) in [6.45, 7) is 3.37. The number of likely N-dealkylation sites (tertiary alicyclic amines) is 1. The SMILES string of the molecule is COc1cccc(CCC(=O)N2CCC3(CC2)N=C(c2ccc(C)cc2)NO3)c1. The molecule has 2 heterocycles. The van der Waals surface area contributed by atoms with E-state index in [1.54, 1.807) is 7.11 Å². The summed E-state index contributed by atoms with van der Waals surface area (Å²) in [4.78, 5) is 25.2. The van der Waals surface area contributed by atoms with E-state index < -0.39 is 5.72 Å². The molecule has 0 saturated carbocycles. The molecule has 2 aliphatic heterocycles. The van der Waals surface area contributed by atoms with E-state index in [0.29, 0.717) is 38.8 Å². The normalized spacial score (nSPS) is 17.7. The number of hydrogen-bond acceptors (Lipinski definition) is 5. The first-order valence-electron chi connectivity index (χ1n) is 10.1. The number of ether oxygens (including phenoxy) is 1. The summed E-state index contributed by atoms with van der Waals surface area (Å²) in [5.74, 6) is 1.77. The molecule has 0 aliphatic carbocycles. The van der Waals surface area contributed by atoms with Gasteiger partial charge < -0.3 is 9.64 Å². The van der Waals surface area contributed by atoms with Crippen LogP contribution in [0.3, 0.4) is 0 Å². The number of aryl methyl sites for hydroxylation is 2. The number of carbonyl (C=O) groups excluding carboxylic acids is 1. The van der Waals surface area contributed by atoms with Gasteiger partial charge in [0.15, 0.2) is 11.6 Å². The molecule has 0 unspecified atom stereocenters. The average Bonchev–Trinajstić information content (AvgIpc) is 3.16. The van der Waals surface area contributed by atoms with Crippen LogP contribution in [0.4, 0.5) is 0 Å². The van der Waals surface area contributed by atoms with Gasteiger partial charge in [0.2, 0.25) is 5.91 Å². The van der Waals surface area contributed by atoms with E-state index in [1.165, 1.54) is 5.56 Å². The maximum atomic E-state index is 12.6. The number of carbonyl (C=O) groups is 1. The quantitative estimate of drug-likeness (QED) is 0.847. The molecule has 0 atom stereocenters. The summed E-state index contributed by atoms with van der Waals surface area (Å²) in [7, 11) is 1.65. The van der Waals surface area contributed by atoms with Crippen molar-refractivity contribution < 1.29 is 14.4 Å². The van der Waals surface area contributed by atoms with Gasteiger partial charge >= 0.3 is 0 Å². The summed E-state index contributed by atoms with van der Waals surface area (Å²) >= 11 is 0. The number of amides is 1. The molecule has 1 amide bonds. The van der Waals surface area contributed by atoms with Gasteiger partial charge in [-0.1, -0.05) is 42.0 Å². The lowest BCUT2D eigenvalue weighted by Crippen LogP contribution is -2.46. The van der Waals surface area contributed by atoms with Crippen LogP contribution >= 0.6 is 0 Å². The molecule has 6 heteroatoms. The molecule has 29 heavy (non-hydrogen) atoms. The molecular formula is C23H27N3O3. The minimum Gasteiger partial charge on any atom is -0.497 e. The third kappa shape index (κ3) is 4.43. The smallest absolute Gasteiger partial charge is 0.222 e. The summed E-state index contributed by atoms with van der Waals surface area (Å²) in [5.41, 5.74) is 5.77. The van der Waals surface area contributed by atoms with Crippen molar-refractivity contribution in [2.24, 2.45) is 4.99 Å². The third-order valence-electron chi connectivity index (χ3n) is 5.64. The monoisotopic (exact) mass is 393 g/mol. The van der Waals surface area contributed by atoms with Crippen LogP contribution < -0.4 is 10.2 Å². The van der Waals surface area contributed by atoms with Crippen LogP contribution in [0.1, 0.15) is 36.0 Å². The zero-order valence-electron chi connectivity index (χ0n) is 17.0. The molecule has 1 spiro atoms. The molecule has 152 valence electrons. The van der Waals surface area contributed by atoms with Crippen LogP contribution in [-0.4, -0.2) is 42.6 Å². The lowest BCUT2D eigenvalue weighted by Gasteiger charge is -2.35. The van der Waals surface area contributed by atoms with Crippen LogP contribution in [0, 0.1) is 6.92 Å². The van der Waals surface area contributed by atoms with Crippen LogP contribution in [0.25, 0.3) is 0 Å². The lowest BCUT2D eigenvalue weighted by molar-refractivity contribution is -0.139. The Morgan fingerprint density at radius 3 is 2.69 bits per heavy atom. The number of amidine groups is 1. The van der Waals surface area contributed by atoms with Crippen molar-refractivity contribution in [1.82, 2.24) is 10.4 Å². The van der Waals surface area contributed by atoms with Crippen LogP contribution in [0.5, 0.6) is 5.75 Å². The fourth-order valence-electron chi connectivity index (χ4n) is 3.78. The number of piperidine rings is 1. The Morgan fingerprint density at radius 2 is 1.97 bits per heavy atom. The number of hydrogen-bond donors (Lipinski definition) is 1. The highest BCUT2D eigenvalue weighted by atomic mass is 16.7. The van der Waals surface area contributed by atoms with Gasteiger partial charge in [0.25, 0.3) is 0 Å². The molecule has 6 nitrogen and oxygen atoms in total. The van der Waals surface area contributed by atoms with Gasteiger partial charge in [-0.2, -0.15) is 0 Å². The Labute approximate surface area is 171 Å². The number of nitrogens with one attached hydrogen (secondary N) is 1. The van der Waals surface area contributed by atoms with Gasteiger partial charge in [-0.3, -0.25) is 4.79 Å². The summed E-state index contributed by atoms with van der Waals surface area (Å²) in [6, 6.07) is 16.1. The lowest BCUT2D eigenvalue weighted by atomic mass is 10.00. The number of rotatable bonds is 5. The first-order chi connectivity index (χ1) is 14.1. The average molecular weight is 393 g/mol. The maximum Gasteiger partial charge on any atom is 0.222 e. The minimum absolute atomic E-state index is 0.177. The first-order valence-corrected chi connectivity index (χ1v) is 10.1. The molecular weight excluding hydrogens is 366 g/mol. The van der Waals surface area contributed by atoms with Crippen molar-refractivity contribution in [3.8, 4) is 5.75 Å². The second-order valence-corrected chi connectivity index (χ2v) is 7.71. The molecule has 2 aliphatic rings. The van der Waals surface area contributed by atoms with E-state index >= 15 is 0 Å². The van der Waals surface area contributed by atoms with E-state index in [2.05, 4.69) is 24.5 Å². The fraction of sp³-hybridized carbons (Fsp3) is 0.391. The highest BCUT2D eigenvalue weighted by Gasteiger charge is 2.41.